The van der Waals surface area contributed by atoms with Crippen LogP contribution in [0.1, 0.15) is 29.0 Å². The molecule has 1 aromatic carbocycles. The first-order valence-corrected chi connectivity index (χ1v) is 7.09. The first-order valence-electron chi connectivity index (χ1n) is 6.21. The SMILES string of the molecule is COc1ccc(C(C)NCc2sccc2C)c(F)c1. The molecule has 2 aromatic rings. The number of benzene rings is 1. The van der Waals surface area contributed by atoms with E-state index in [1.54, 1.807) is 23.5 Å². The quantitative estimate of drug-likeness (QED) is 0.891. The lowest BCUT2D eigenvalue weighted by Crippen LogP contribution is -2.19. The lowest BCUT2D eigenvalue weighted by Gasteiger charge is -2.15. The molecule has 1 aromatic heterocycles. The topological polar surface area (TPSA) is 21.3 Å². The summed E-state index contributed by atoms with van der Waals surface area (Å²) in [6, 6.07) is 7.04. The van der Waals surface area contributed by atoms with Crippen molar-refractivity contribution in [1.29, 1.82) is 0 Å². The van der Waals surface area contributed by atoms with E-state index in [4.69, 9.17) is 4.74 Å². The summed E-state index contributed by atoms with van der Waals surface area (Å²) in [5, 5.41) is 5.42. The molecular weight excluding hydrogens is 261 g/mol. The third kappa shape index (κ3) is 3.33. The molecule has 0 aliphatic rings. The Kier molecular flexibility index (Phi) is 4.56. The van der Waals surface area contributed by atoms with Crippen LogP contribution < -0.4 is 10.1 Å². The summed E-state index contributed by atoms with van der Waals surface area (Å²) >= 11 is 1.72. The maximum Gasteiger partial charge on any atom is 0.131 e. The van der Waals surface area contributed by atoms with Crippen molar-refractivity contribution in [2.75, 3.05) is 7.11 Å². The summed E-state index contributed by atoms with van der Waals surface area (Å²) in [5.74, 6) is 0.310. The lowest BCUT2D eigenvalue weighted by atomic mass is 10.1. The van der Waals surface area contributed by atoms with Crippen LogP contribution in [0.4, 0.5) is 4.39 Å². The monoisotopic (exact) mass is 279 g/mol. The Morgan fingerprint density at radius 2 is 2.16 bits per heavy atom. The molecular formula is C15H18FNOS. The zero-order chi connectivity index (χ0) is 13.8. The van der Waals surface area contributed by atoms with E-state index in [0.717, 1.165) is 6.54 Å². The van der Waals surface area contributed by atoms with Gasteiger partial charge in [0.05, 0.1) is 7.11 Å². The average molecular weight is 279 g/mol. The molecule has 1 heterocycles. The van der Waals surface area contributed by atoms with Gasteiger partial charge < -0.3 is 10.1 Å². The van der Waals surface area contributed by atoms with E-state index < -0.39 is 0 Å². The van der Waals surface area contributed by atoms with E-state index in [0.29, 0.717) is 11.3 Å². The molecule has 1 atom stereocenters. The smallest absolute Gasteiger partial charge is 0.131 e. The summed E-state index contributed by atoms with van der Waals surface area (Å²) in [6.45, 7) is 4.82. The van der Waals surface area contributed by atoms with Gasteiger partial charge in [-0.2, -0.15) is 0 Å². The predicted octanol–water partition coefficient (Wildman–Crippen LogP) is 4.06. The Bertz CT molecular complexity index is 553. The minimum absolute atomic E-state index is 0.0348. The van der Waals surface area contributed by atoms with Crippen LogP contribution in [0.25, 0.3) is 0 Å². The van der Waals surface area contributed by atoms with Crippen LogP contribution in [0.3, 0.4) is 0 Å². The van der Waals surface area contributed by atoms with E-state index in [-0.39, 0.29) is 11.9 Å². The summed E-state index contributed by atoms with van der Waals surface area (Å²) in [5.41, 5.74) is 1.94. The summed E-state index contributed by atoms with van der Waals surface area (Å²) < 4.78 is 18.9. The Labute approximate surface area is 117 Å². The molecule has 2 rings (SSSR count). The highest BCUT2D eigenvalue weighted by Gasteiger charge is 2.12. The normalized spacial score (nSPS) is 12.4. The molecule has 0 saturated carbocycles. The lowest BCUT2D eigenvalue weighted by molar-refractivity contribution is 0.409. The molecule has 0 amide bonds. The number of hydrogen-bond donors (Lipinski definition) is 1. The minimum Gasteiger partial charge on any atom is -0.497 e. The molecule has 0 saturated heterocycles. The molecule has 1 N–H and O–H groups in total. The first-order chi connectivity index (χ1) is 9.11. The van der Waals surface area contributed by atoms with Gasteiger partial charge in [0.2, 0.25) is 0 Å². The van der Waals surface area contributed by atoms with Crippen LogP contribution in [0.2, 0.25) is 0 Å². The fraction of sp³-hybridized carbons (Fsp3) is 0.333. The molecule has 1 unspecified atom stereocenters. The molecule has 0 spiro atoms. The molecule has 0 aliphatic heterocycles. The number of thiophene rings is 1. The van der Waals surface area contributed by atoms with Gasteiger partial charge in [0.25, 0.3) is 0 Å². The zero-order valence-corrected chi connectivity index (χ0v) is 12.2. The van der Waals surface area contributed by atoms with Gasteiger partial charge in [-0.1, -0.05) is 6.07 Å². The van der Waals surface area contributed by atoms with E-state index in [1.165, 1.54) is 23.6 Å². The van der Waals surface area contributed by atoms with Gasteiger partial charge >= 0.3 is 0 Å². The summed E-state index contributed by atoms with van der Waals surface area (Å²) in [6.07, 6.45) is 0. The van der Waals surface area contributed by atoms with Gasteiger partial charge in [-0.3, -0.25) is 0 Å². The Morgan fingerprint density at radius 1 is 1.37 bits per heavy atom. The molecule has 0 fully saturated rings. The standard InChI is InChI=1S/C15H18FNOS/c1-10-6-7-19-15(10)9-17-11(2)13-5-4-12(18-3)8-14(13)16/h4-8,11,17H,9H2,1-3H3. The Hall–Kier alpha value is -1.39. The van der Waals surface area contributed by atoms with Crippen molar-refractivity contribution in [3.63, 3.8) is 0 Å². The zero-order valence-electron chi connectivity index (χ0n) is 11.4. The second-order valence-electron chi connectivity index (χ2n) is 4.52. The highest BCUT2D eigenvalue weighted by Crippen LogP contribution is 2.23. The minimum atomic E-state index is -0.234. The highest BCUT2D eigenvalue weighted by molar-refractivity contribution is 7.10. The van der Waals surface area contributed by atoms with Crippen LogP contribution >= 0.6 is 11.3 Å². The Morgan fingerprint density at radius 3 is 2.74 bits per heavy atom. The van der Waals surface area contributed by atoms with Gasteiger partial charge in [-0.25, -0.2) is 4.39 Å². The number of halogens is 1. The van der Waals surface area contributed by atoms with Gasteiger partial charge in [-0.15, -0.1) is 11.3 Å². The van der Waals surface area contributed by atoms with E-state index in [2.05, 4.69) is 23.7 Å². The second kappa shape index (κ2) is 6.17. The van der Waals surface area contributed by atoms with Crippen molar-refractivity contribution in [3.8, 4) is 5.75 Å². The molecule has 0 aliphatic carbocycles. The van der Waals surface area contributed by atoms with E-state index in [9.17, 15) is 4.39 Å². The molecule has 0 bridgehead atoms. The molecule has 19 heavy (non-hydrogen) atoms. The average Bonchev–Trinajstić information content (AvgIpc) is 2.81. The number of methoxy groups -OCH3 is 1. The van der Waals surface area contributed by atoms with E-state index in [1.807, 2.05) is 6.92 Å². The largest absolute Gasteiger partial charge is 0.497 e. The van der Waals surface area contributed by atoms with Crippen molar-refractivity contribution in [1.82, 2.24) is 5.32 Å². The number of ether oxygens (including phenoxy) is 1. The summed E-state index contributed by atoms with van der Waals surface area (Å²) in [7, 11) is 1.54. The molecule has 0 radical (unpaired) electrons. The van der Waals surface area contributed by atoms with Crippen molar-refractivity contribution < 1.29 is 9.13 Å². The van der Waals surface area contributed by atoms with Crippen LogP contribution in [0, 0.1) is 12.7 Å². The van der Waals surface area contributed by atoms with Gasteiger partial charge in [-0.05, 0) is 36.9 Å². The number of nitrogens with one attached hydrogen (secondary N) is 1. The fourth-order valence-corrected chi connectivity index (χ4v) is 2.78. The highest BCUT2D eigenvalue weighted by atomic mass is 32.1. The molecule has 4 heteroatoms. The fourth-order valence-electron chi connectivity index (χ4n) is 1.93. The van der Waals surface area contributed by atoms with E-state index >= 15 is 0 Å². The van der Waals surface area contributed by atoms with Crippen molar-refractivity contribution in [2.45, 2.75) is 26.4 Å². The predicted molar refractivity (Wildman–Crippen MR) is 77.3 cm³/mol. The van der Waals surface area contributed by atoms with Crippen molar-refractivity contribution >= 4 is 11.3 Å². The van der Waals surface area contributed by atoms with Gasteiger partial charge in [0, 0.05) is 29.1 Å². The van der Waals surface area contributed by atoms with Crippen LogP contribution in [-0.4, -0.2) is 7.11 Å². The first kappa shape index (κ1) is 14.0. The Balaban J connectivity index is 2.03. The number of aryl methyl sites for hydroxylation is 1. The molecule has 2 nitrogen and oxygen atoms in total. The van der Waals surface area contributed by atoms with Gasteiger partial charge in [0.1, 0.15) is 11.6 Å². The van der Waals surface area contributed by atoms with Crippen LogP contribution in [0.5, 0.6) is 5.75 Å². The van der Waals surface area contributed by atoms with Gasteiger partial charge in [0.15, 0.2) is 0 Å². The van der Waals surface area contributed by atoms with Crippen molar-refractivity contribution in [2.24, 2.45) is 0 Å². The third-order valence-electron chi connectivity index (χ3n) is 3.21. The van der Waals surface area contributed by atoms with Crippen molar-refractivity contribution in [3.05, 3.63) is 51.5 Å². The third-order valence-corrected chi connectivity index (χ3v) is 4.23. The number of rotatable bonds is 5. The summed E-state index contributed by atoms with van der Waals surface area (Å²) in [4.78, 5) is 1.29. The molecule has 102 valence electrons. The maximum atomic E-state index is 13.9. The maximum absolute atomic E-state index is 13.9. The van der Waals surface area contributed by atoms with Crippen LogP contribution in [0.15, 0.2) is 29.6 Å². The second-order valence-corrected chi connectivity index (χ2v) is 5.52. The number of hydrogen-bond acceptors (Lipinski definition) is 3. The van der Waals surface area contributed by atoms with Crippen LogP contribution in [-0.2, 0) is 6.54 Å².